The van der Waals surface area contributed by atoms with Crippen LogP contribution in [0.25, 0.3) is 0 Å². The van der Waals surface area contributed by atoms with Crippen LogP contribution in [0.3, 0.4) is 0 Å². The Hall–Kier alpha value is -0.860. The molecule has 1 aromatic rings. The normalized spacial score (nSPS) is 20.3. The predicted molar refractivity (Wildman–Crippen MR) is 77.8 cm³/mol. The Morgan fingerprint density at radius 1 is 1.22 bits per heavy atom. The van der Waals surface area contributed by atoms with Crippen LogP contribution in [0.15, 0.2) is 24.3 Å². The Bertz CT molecular complexity index is 356. The molecule has 2 heteroatoms. The van der Waals surface area contributed by atoms with Crippen molar-refractivity contribution in [3.8, 4) is 0 Å². The number of piperidine rings is 1. The molecule has 0 radical (unpaired) electrons. The minimum Gasteiger partial charge on any atom is -0.315 e. The summed E-state index contributed by atoms with van der Waals surface area (Å²) in [4.78, 5) is 2.63. The van der Waals surface area contributed by atoms with Crippen molar-refractivity contribution in [1.29, 1.82) is 0 Å². The number of rotatable bonds is 5. The molecule has 0 aliphatic carbocycles. The van der Waals surface area contributed by atoms with Crippen molar-refractivity contribution in [2.24, 2.45) is 0 Å². The van der Waals surface area contributed by atoms with Crippen molar-refractivity contribution in [1.82, 2.24) is 10.2 Å². The lowest BCUT2D eigenvalue weighted by atomic mass is 10.0. The van der Waals surface area contributed by atoms with Crippen LogP contribution in [0.2, 0.25) is 0 Å². The molecule has 1 aromatic carbocycles. The lowest BCUT2D eigenvalue weighted by molar-refractivity contribution is 0.166. The Morgan fingerprint density at radius 2 is 2.00 bits per heavy atom. The van der Waals surface area contributed by atoms with Gasteiger partial charge in [-0.2, -0.15) is 0 Å². The largest absolute Gasteiger partial charge is 0.315 e. The van der Waals surface area contributed by atoms with Crippen LogP contribution in [0.1, 0.15) is 37.8 Å². The zero-order valence-corrected chi connectivity index (χ0v) is 11.8. The molecular weight excluding hydrogens is 220 g/mol. The van der Waals surface area contributed by atoms with E-state index in [1.54, 1.807) is 0 Å². The SMILES string of the molecule is CCc1ccccc1CN(CC)C1CCCNC1. The van der Waals surface area contributed by atoms with E-state index in [1.165, 1.54) is 30.5 Å². The molecule has 1 heterocycles. The van der Waals surface area contributed by atoms with Crippen molar-refractivity contribution in [2.75, 3.05) is 19.6 Å². The van der Waals surface area contributed by atoms with Crippen molar-refractivity contribution in [2.45, 2.75) is 45.7 Å². The summed E-state index contributed by atoms with van der Waals surface area (Å²) in [7, 11) is 0. The second-order valence-corrected chi connectivity index (χ2v) is 5.19. The number of likely N-dealkylation sites (N-methyl/N-ethyl adjacent to an activating group) is 1. The van der Waals surface area contributed by atoms with Gasteiger partial charge in [-0.15, -0.1) is 0 Å². The lowest BCUT2D eigenvalue weighted by Crippen LogP contribution is -2.45. The summed E-state index contributed by atoms with van der Waals surface area (Å²) in [5.74, 6) is 0. The van der Waals surface area contributed by atoms with E-state index in [4.69, 9.17) is 0 Å². The molecule has 0 aromatic heterocycles. The maximum atomic E-state index is 3.52. The molecule has 1 aliphatic rings. The summed E-state index contributed by atoms with van der Waals surface area (Å²) >= 11 is 0. The number of hydrogen-bond acceptors (Lipinski definition) is 2. The average molecular weight is 246 g/mol. The first kappa shape index (κ1) is 13.6. The van der Waals surface area contributed by atoms with Gasteiger partial charge in [-0.1, -0.05) is 38.1 Å². The Kier molecular flexibility index (Phi) is 5.21. The highest BCUT2D eigenvalue weighted by Crippen LogP contribution is 2.17. The molecular formula is C16H26N2. The maximum Gasteiger partial charge on any atom is 0.0239 e. The van der Waals surface area contributed by atoms with Gasteiger partial charge in [0.25, 0.3) is 0 Å². The van der Waals surface area contributed by atoms with E-state index in [9.17, 15) is 0 Å². The monoisotopic (exact) mass is 246 g/mol. The maximum absolute atomic E-state index is 3.52. The quantitative estimate of drug-likeness (QED) is 0.859. The first-order chi connectivity index (χ1) is 8.85. The van der Waals surface area contributed by atoms with Gasteiger partial charge in [0.2, 0.25) is 0 Å². The summed E-state index contributed by atoms with van der Waals surface area (Å²) in [6.45, 7) is 9.12. The molecule has 0 saturated carbocycles. The minimum atomic E-state index is 0.716. The molecule has 18 heavy (non-hydrogen) atoms. The first-order valence-electron chi connectivity index (χ1n) is 7.36. The van der Waals surface area contributed by atoms with Crippen LogP contribution in [-0.2, 0) is 13.0 Å². The third kappa shape index (κ3) is 3.33. The third-order valence-corrected chi connectivity index (χ3v) is 4.07. The van der Waals surface area contributed by atoms with Gasteiger partial charge in [-0.3, -0.25) is 4.90 Å². The van der Waals surface area contributed by atoms with Gasteiger partial charge < -0.3 is 5.32 Å². The Morgan fingerprint density at radius 3 is 2.61 bits per heavy atom. The standard InChI is InChI=1S/C16H26N2/c1-3-14-8-5-6-9-15(14)13-18(4-2)16-10-7-11-17-12-16/h5-6,8-9,16-17H,3-4,7,10-13H2,1-2H3. The molecule has 0 bridgehead atoms. The highest BCUT2D eigenvalue weighted by molar-refractivity contribution is 5.27. The van der Waals surface area contributed by atoms with Crippen LogP contribution in [-0.4, -0.2) is 30.6 Å². The molecule has 1 atom stereocenters. The predicted octanol–water partition coefficient (Wildman–Crippen LogP) is 2.82. The van der Waals surface area contributed by atoms with E-state index in [1.807, 2.05) is 0 Å². The summed E-state index contributed by atoms with van der Waals surface area (Å²) in [5.41, 5.74) is 3.01. The van der Waals surface area contributed by atoms with Gasteiger partial charge in [0, 0.05) is 19.1 Å². The number of hydrogen-bond donors (Lipinski definition) is 1. The van der Waals surface area contributed by atoms with Crippen molar-refractivity contribution >= 4 is 0 Å². The van der Waals surface area contributed by atoms with Gasteiger partial charge in [0.05, 0.1) is 0 Å². The second kappa shape index (κ2) is 6.91. The van der Waals surface area contributed by atoms with Crippen LogP contribution in [0.4, 0.5) is 0 Å². The number of benzene rings is 1. The molecule has 1 unspecified atom stereocenters. The molecule has 1 saturated heterocycles. The van der Waals surface area contributed by atoms with Crippen molar-refractivity contribution in [3.05, 3.63) is 35.4 Å². The molecule has 100 valence electrons. The second-order valence-electron chi connectivity index (χ2n) is 5.19. The van der Waals surface area contributed by atoms with Gasteiger partial charge >= 0.3 is 0 Å². The molecule has 2 nitrogen and oxygen atoms in total. The summed E-state index contributed by atoms with van der Waals surface area (Å²) in [5, 5.41) is 3.52. The van der Waals surface area contributed by atoms with Crippen molar-refractivity contribution in [3.63, 3.8) is 0 Å². The van der Waals surface area contributed by atoms with Gasteiger partial charge in [-0.25, -0.2) is 0 Å². The number of nitrogens with zero attached hydrogens (tertiary/aromatic N) is 1. The topological polar surface area (TPSA) is 15.3 Å². The van der Waals surface area contributed by atoms with E-state index >= 15 is 0 Å². The van der Waals surface area contributed by atoms with Gasteiger partial charge in [0.15, 0.2) is 0 Å². The van der Waals surface area contributed by atoms with Crippen LogP contribution >= 0.6 is 0 Å². The Balaban J connectivity index is 2.04. The van der Waals surface area contributed by atoms with Crippen LogP contribution in [0.5, 0.6) is 0 Å². The van der Waals surface area contributed by atoms with Gasteiger partial charge in [-0.05, 0) is 43.5 Å². The average Bonchev–Trinajstić information content (AvgIpc) is 2.46. The van der Waals surface area contributed by atoms with Gasteiger partial charge in [0.1, 0.15) is 0 Å². The fourth-order valence-electron chi connectivity index (χ4n) is 2.92. The fraction of sp³-hybridized carbons (Fsp3) is 0.625. The molecule has 1 N–H and O–H groups in total. The summed E-state index contributed by atoms with van der Waals surface area (Å²) < 4.78 is 0. The molecule has 0 amide bonds. The molecule has 2 rings (SSSR count). The first-order valence-corrected chi connectivity index (χ1v) is 7.36. The molecule has 0 spiro atoms. The van der Waals surface area contributed by atoms with Crippen LogP contribution < -0.4 is 5.32 Å². The summed E-state index contributed by atoms with van der Waals surface area (Å²) in [6, 6.07) is 9.59. The van der Waals surface area contributed by atoms with E-state index < -0.39 is 0 Å². The number of nitrogens with one attached hydrogen (secondary N) is 1. The number of aryl methyl sites for hydroxylation is 1. The molecule has 1 aliphatic heterocycles. The lowest BCUT2D eigenvalue weighted by Gasteiger charge is -2.34. The van der Waals surface area contributed by atoms with E-state index in [0.717, 1.165) is 26.1 Å². The zero-order valence-electron chi connectivity index (χ0n) is 11.8. The fourth-order valence-corrected chi connectivity index (χ4v) is 2.92. The zero-order chi connectivity index (χ0) is 12.8. The van der Waals surface area contributed by atoms with Crippen LogP contribution in [0, 0.1) is 0 Å². The van der Waals surface area contributed by atoms with E-state index in [2.05, 4.69) is 48.3 Å². The van der Waals surface area contributed by atoms with E-state index in [0.29, 0.717) is 6.04 Å². The van der Waals surface area contributed by atoms with Crippen molar-refractivity contribution < 1.29 is 0 Å². The molecule has 1 fully saturated rings. The minimum absolute atomic E-state index is 0.716. The van der Waals surface area contributed by atoms with E-state index in [-0.39, 0.29) is 0 Å². The highest BCUT2D eigenvalue weighted by Gasteiger charge is 2.20. The smallest absolute Gasteiger partial charge is 0.0239 e. The Labute approximate surface area is 111 Å². The summed E-state index contributed by atoms with van der Waals surface area (Å²) in [6.07, 6.45) is 3.79. The highest BCUT2D eigenvalue weighted by atomic mass is 15.2. The third-order valence-electron chi connectivity index (χ3n) is 4.07.